The molecule has 164 valence electrons. The van der Waals surface area contributed by atoms with Crippen LogP contribution in [-0.4, -0.2) is 20.4 Å². The van der Waals surface area contributed by atoms with E-state index in [4.69, 9.17) is 13.9 Å². The van der Waals surface area contributed by atoms with Crippen LogP contribution in [0.3, 0.4) is 0 Å². The van der Waals surface area contributed by atoms with Crippen LogP contribution in [0.5, 0.6) is 11.5 Å². The van der Waals surface area contributed by atoms with Crippen molar-refractivity contribution < 1.29 is 13.9 Å². The van der Waals surface area contributed by atoms with E-state index in [1.54, 1.807) is 20.4 Å². The first-order chi connectivity index (χ1) is 16.0. The zero-order chi connectivity index (χ0) is 23.4. The van der Waals surface area contributed by atoms with E-state index in [2.05, 4.69) is 11.1 Å². The van der Waals surface area contributed by atoms with Crippen molar-refractivity contribution in [3.63, 3.8) is 0 Å². The zero-order valence-electron chi connectivity index (χ0n) is 19.0. The van der Waals surface area contributed by atoms with Crippen LogP contribution >= 0.6 is 0 Å². The number of hydrogen-bond donors (Lipinski definition) is 0. The largest absolute Gasteiger partial charge is 0.497 e. The number of rotatable bonds is 6. The van der Waals surface area contributed by atoms with Gasteiger partial charge in [0.25, 0.3) is 0 Å². The molecule has 1 aromatic heterocycles. The van der Waals surface area contributed by atoms with Crippen molar-refractivity contribution in [2.24, 2.45) is 4.99 Å². The fraction of sp³-hybridized carbons (Fsp3) is 0.143. The van der Waals surface area contributed by atoms with Gasteiger partial charge in [-0.05, 0) is 37.6 Å². The van der Waals surface area contributed by atoms with Crippen LogP contribution in [-0.2, 0) is 0 Å². The highest BCUT2D eigenvalue weighted by Gasteiger charge is 2.23. The average Bonchev–Trinajstić information content (AvgIpc) is 3.21. The molecule has 0 unspecified atom stereocenters. The van der Waals surface area contributed by atoms with Gasteiger partial charge in [-0.2, -0.15) is 5.26 Å². The van der Waals surface area contributed by atoms with Gasteiger partial charge in [0.05, 0.1) is 14.2 Å². The molecular weight excluding hydrogens is 412 g/mol. The minimum atomic E-state index is 0.244. The van der Waals surface area contributed by atoms with Crippen molar-refractivity contribution in [1.29, 1.82) is 5.26 Å². The van der Waals surface area contributed by atoms with Crippen LogP contribution in [0.25, 0.3) is 22.5 Å². The molecule has 5 heteroatoms. The number of methoxy groups -OCH3 is 2. The van der Waals surface area contributed by atoms with Gasteiger partial charge in [0.1, 0.15) is 28.9 Å². The number of nitriles is 1. The Morgan fingerprint density at radius 1 is 0.848 bits per heavy atom. The monoisotopic (exact) mass is 436 g/mol. The van der Waals surface area contributed by atoms with Crippen LogP contribution < -0.4 is 9.47 Å². The summed E-state index contributed by atoms with van der Waals surface area (Å²) in [4.78, 5) is 4.55. The second-order valence-electron chi connectivity index (χ2n) is 7.70. The molecule has 0 saturated carbocycles. The van der Waals surface area contributed by atoms with E-state index in [1.807, 2.05) is 80.6 Å². The molecule has 0 spiro atoms. The molecule has 33 heavy (non-hydrogen) atoms. The molecule has 0 radical (unpaired) electrons. The molecule has 0 atom stereocenters. The lowest BCUT2D eigenvalue weighted by atomic mass is 9.97. The maximum Gasteiger partial charge on any atom is 0.238 e. The molecule has 0 aliphatic carbocycles. The normalized spacial score (nSPS) is 10.9. The third-order valence-corrected chi connectivity index (χ3v) is 5.41. The van der Waals surface area contributed by atoms with Gasteiger partial charge in [-0.3, -0.25) is 0 Å². The Kier molecular flexibility index (Phi) is 6.28. The van der Waals surface area contributed by atoms with E-state index in [-0.39, 0.29) is 5.88 Å². The van der Waals surface area contributed by atoms with E-state index < -0.39 is 0 Å². The van der Waals surface area contributed by atoms with Gasteiger partial charge < -0.3 is 13.9 Å². The maximum absolute atomic E-state index is 10.1. The highest BCUT2D eigenvalue weighted by Crippen LogP contribution is 2.42. The Morgan fingerprint density at radius 2 is 1.48 bits per heavy atom. The summed E-state index contributed by atoms with van der Waals surface area (Å²) in [6, 6.07) is 23.8. The lowest BCUT2D eigenvalue weighted by Gasteiger charge is -2.06. The average molecular weight is 437 g/mol. The standard InChI is InChI=1S/C28H24N2O3/c1-18-5-9-20(10-6-18)26-24(16-29)28(33-27(26)21-11-7-19(2)8-12-21)30-17-22-15-23(31-3)13-14-25(22)32-4/h5-15,17H,1-4H3. The zero-order valence-corrected chi connectivity index (χ0v) is 19.0. The Balaban J connectivity index is 1.89. The Bertz CT molecular complexity index is 1340. The first kappa shape index (κ1) is 21.9. The van der Waals surface area contributed by atoms with Crippen molar-refractivity contribution in [2.75, 3.05) is 14.2 Å². The van der Waals surface area contributed by atoms with E-state index >= 15 is 0 Å². The van der Waals surface area contributed by atoms with Gasteiger partial charge >= 0.3 is 0 Å². The molecule has 0 amide bonds. The Hall–Kier alpha value is -4.30. The molecule has 5 nitrogen and oxygen atoms in total. The van der Waals surface area contributed by atoms with Gasteiger partial charge in [-0.15, -0.1) is 0 Å². The summed E-state index contributed by atoms with van der Waals surface area (Å²) in [5.74, 6) is 2.17. The summed E-state index contributed by atoms with van der Waals surface area (Å²) in [5.41, 5.74) is 5.89. The molecule has 0 bridgehead atoms. The molecule has 0 aliphatic heterocycles. The summed E-state index contributed by atoms with van der Waals surface area (Å²) < 4.78 is 17.0. The van der Waals surface area contributed by atoms with Crippen LogP contribution in [0, 0.1) is 25.2 Å². The number of hydrogen-bond acceptors (Lipinski definition) is 5. The summed E-state index contributed by atoms with van der Waals surface area (Å²) in [6.07, 6.45) is 1.62. The second-order valence-corrected chi connectivity index (χ2v) is 7.70. The third-order valence-electron chi connectivity index (χ3n) is 5.41. The van der Waals surface area contributed by atoms with Crippen LogP contribution in [0.2, 0.25) is 0 Å². The SMILES string of the molecule is COc1ccc(OC)c(C=Nc2oc(-c3ccc(C)cc3)c(-c3ccc(C)cc3)c2C#N)c1. The van der Waals surface area contributed by atoms with Crippen molar-refractivity contribution in [3.8, 4) is 40.0 Å². The number of benzene rings is 3. The fourth-order valence-corrected chi connectivity index (χ4v) is 3.59. The molecule has 0 saturated heterocycles. The van der Waals surface area contributed by atoms with Gasteiger partial charge in [-0.25, -0.2) is 4.99 Å². The molecule has 3 aromatic carbocycles. The van der Waals surface area contributed by atoms with Gasteiger partial charge in [0.2, 0.25) is 5.88 Å². The molecule has 0 aliphatic rings. The number of aryl methyl sites for hydroxylation is 2. The predicted octanol–water partition coefficient (Wildman–Crippen LogP) is 6.87. The van der Waals surface area contributed by atoms with Gasteiger partial charge in [-0.1, -0.05) is 59.7 Å². The number of aliphatic imine (C=N–C) groups is 1. The molecular formula is C28H24N2O3. The molecule has 4 aromatic rings. The maximum atomic E-state index is 10.1. The molecule has 1 heterocycles. The van der Waals surface area contributed by atoms with Crippen LogP contribution in [0.15, 0.2) is 76.1 Å². The highest BCUT2D eigenvalue weighted by atomic mass is 16.5. The Labute approximate surface area is 193 Å². The quantitative estimate of drug-likeness (QED) is 0.309. The minimum Gasteiger partial charge on any atom is -0.497 e. The number of furan rings is 1. The predicted molar refractivity (Wildman–Crippen MR) is 131 cm³/mol. The van der Waals surface area contributed by atoms with E-state index in [0.29, 0.717) is 28.4 Å². The smallest absolute Gasteiger partial charge is 0.238 e. The highest BCUT2D eigenvalue weighted by molar-refractivity contribution is 5.91. The van der Waals surface area contributed by atoms with E-state index in [9.17, 15) is 5.26 Å². The molecule has 4 rings (SSSR count). The van der Waals surface area contributed by atoms with Gasteiger partial charge in [0, 0.05) is 22.9 Å². The third kappa shape index (κ3) is 4.51. The van der Waals surface area contributed by atoms with Crippen molar-refractivity contribution in [3.05, 3.63) is 89.0 Å². The van der Waals surface area contributed by atoms with Crippen molar-refractivity contribution in [2.45, 2.75) is 13.8 Å². The summed E-state index contributed by atoms with van der Waals surface area (Å²) in [6.45, 7) is 4.06. The van der Waals surface area contributed by atoms with Crippen molar-refractivity contribution >= 4 is 12.1 Å². The summed E-state index contributed by atoms with van der Waals surface area (Å²) >= 11 is 0. The lowest BCUT2D eigenvalue weighted by molar-refractivity contribution is 0.402. The molecule has 0 fully saturated rings. The first-order valence-corrected chi connectivity index (χ1v) is 10.5. The van der Waals surface area contributed by atoms with Gasteiger partial charge in [0.15, 0.2) is 0 Å². The Morgan fingerprint density at radius 3 is 2.06 bits per heavy atom. The van der Waals surface area contributed by atoms with Crippen LogP contribution in [0.4, 0.5) is 5.88 Å². The van der Waals surface area contributed by atoms with E-state index in [0.717, 1.165) is 27.8 Å². The second kappa shape index (κ2) is 9.46. The number of nitrogens with zero attached hydrogens (tertiary/aromatic N) is 2. The van der Waals surface area contributed by atoms with Crippen LogP contribution in [0.1, 0.15) is 22.3 Å². The summed E-state index contributed by atoms with van der Waals surface area (Å²) in [5, 5.41) is 10.1. The lowest BCUT2D eigenvalue weighted by Crippen LogP contribution is -1.92. The topological polar surface area (TPSA) is 67.8 Å². The minimum absolute atomic E-state index is 0.244. The first-order valence-electron chi connectivity index (χ1n) is 10.5. The number of ether oxygens (including phenoxy) is 2. The molecule has 0 N–H and O–H groups in total. The summed E-state index contributed by atoms with van der Waals surface area (Å²) in [7, 11) is 3.20. The fourth-order valence-electron chi connectivity index (χ4n) is 3.59. The van der Waals surface area contributed by atoms with Crippen molar-refractivity contribution in [1.82, 2.24) is 0 Å². The van der Waals surface area contributed by atoms with E-state index in [1.165, 1.54) is 0 Å².